The Kier molecular flexibility index (Phi) is 6.32. The summed E-state index contributed by atoms with van der Waals surface area (Å²) in [6.45, 7) is 4.89. The summed E-state index contributed by atoms with van der Waals surface area (Å²) >= 11 is 6.63. The number of aryl methyl sites for hydroxylation is 1. The predicted molar refractivity (Wildman–Crippen MR) is 143 cm³/mol. The van der Waals surface area contributed by atoms with Crippen molar-refractivity contribution < 1.29 is 4.74 Å². The van der Waals surface area contributed by atoms with Gasteiger partial charge in [0.05, 0.1) is 52.0 Å². The van der Waals surface area contributed by atoms with E-state index in [1.165, 1.54) is 0 Å². The second-order valence-corrected chi connectivity index (χ2v) is 8.69. The van der Waals surface area contributed by atoms with Crippen molar-refractivity contribution in [2.45, 2.75) is 26.8 Å². The summed E-state index contributed by atoms with van der Waals surface area (Å²) in [6, 6.07) is 15.5. The summed E-state index contributed by atoms with van der Waals surface area (Å²) in [5.74, 6) is 0.569. The molecular formula is C27H24ClN7O. The van der Waals surface area contributed by atoms with E-state index in [4.69, 9.17) is 27.1 Å². The molecule has 0 fully saturated rings. The number of rotatable bonds is 7. The lowest BCUT2D eigenvalue weighted by atomic mass is 10.0. The summed E-state index contributed by atoms with van der Waals surface area (Å²) in [5.41, 5.74) is 11.5. The number of anilines is 3. The van der Waals surface area contributed by atoms with E-state index in [9.17, 15) is 5.26 Å². The largest absolute Gasteiger partial charge is 0.492 e. The maximum Gasteiger partial charge on any atom is 0.144 e. The Bertz CT molecular complexity index is 1620. The Balaban J connectivity index is 1.60. The van der Waals surface area contributed by atoms with Gasteiger partial charge in [-0.15, -0.1) is 0 Å². The summed E-state index contributed by atoms with van der Waals surface area (Å²) in [6.07, 6.45) is 4.29. The lowest BCUT2D eigenvalue weighted by Gasteiger charge is -2.16. The topological polar surface area (TPSA) is 115 Å². The Hall–Kier alpha value is -4.35. The molecule has 0 saturated carbocycles. The Morgan fingerprint density at radius 3 is 2.78 bits per heavy atom. The number of nitrogens with two attached hydrogens (primary N) is 1. The van der Waals surface area contributed by atoms with E-state index in [0.717, 1.165) is 22.2 Å². The molecule has 0 bridgehead atoms. The van der Waals surface area contributed by atoms with Crippen LogP contribution < -0.4 is 15.8 Å². The van der Waals surface area contributed by atoms with E-state index in [1.54, 1.807) is 18.3 Å². The minimum atomic E-state index is 0.468. The normalized spacial score (nSPS) is 11.1. The minimum Gasteiger partial charge on any atom is -0.492 e. The zero-order valence-corrected chi connectivity index (χ0v) is 20.7. The van der Waals surface area contributed by atoms with Crippen LogP contribution in [0.1, 0.15) is 30.8 Å². The molecule has 0 unspecified atom stereocenters. The molecule has 0 spiro atoms. The van der Waals surface area contributed by atoms with Gasteiger partial charge in [0.2, 0.25) is 0 Å². The Morgan fingerprint density at radius 1 is 1.19 bits per heavy atom. The van der Waals surface area contributed by atoms with E-state index < -0.39 is 0 Å². The van der Waals surface area contributed by atoms with Gasteiger partial charge >= 0.3 is 0 Å². The molecule has 36 heavy (non-hydrogen) atoms. The van der Waals surface area contributed by atoms with E-state index in [1.807, 2.05) is 55.1 Å². The average Bonchev–Trinajstić information content (AvgIpc) is 3.28. The third kappa shape index (κ3) is 4.37. The van der Waals surface area contributed by atoms with Crippen molar-refractivity contribution in [1.82, 2.24) is 19.7 Å². The van der Waals surface area contributed by atoms with Gasteiger partial charge in [0.1, 0.15) is 17.3 Å². The highest BCUT2D eigenvalue weighted by Crippen LogP contribution is 2.37. The number of pyridine rings is 2. The number of fused-ring (bicyclic) bond motifs is 2. The van der Waals surface area contributed by atoms with Crippen molar-refractivity contribution in [3.63, 3.8) is 0 Å². The lowest BCUT2D eigenvalue weighted by molar-refractivity contribution is 0.342. The van der Waals surface area contributed by atoms with Crippen molar-refractivity contribution in [2.24, 2.45) is 0 Å². The second kappa shape index (κ2) is 9.72. The Morgan fingerprint density at radius 2 is 2.06 bits per heavy atom. The van der Waals surface area contributed by atoms with Crippen LogP contribution in [0.5, 0.6) is 5.75 Å². The molecule has 0 atom stereocenters. The fourth-order valence-electron chi connectivity index (χ4n) is 4.24. The van der Waals surface area contributed by atoms with Gasteiger partial charge in [-0.25, -0.2) is 0 Å². The third-order valence-electron chi connectivity index (χ3n) is 5.87. The number of nitriles is 1. The molecule has 180 valence electrons. The summed E-state index contributed by atoms with van der Waals surface area (Å²) in [5, 5.41) is 20.2. The van der Waals surface area contributed by atoms with Crippen LogP contribution in [0.25, 0.3) is 21.8 Å². The van der Waals surface area contributed by atoms with Gasteiger partial charge < -0.3 is 15.8 Å². The molecule has 0 aliphatic heterocycles. The van der Waals surface area contributed by atoms with Gasteiger partial charge in [-0.05, 0) is 43.7 Å². The number of hydrogen-bond acceptors (Lipinski definition) is 7. The molecule has 0 aliphatic rings. The third-order valence-corrected chi connectivity index (χ3v) is 6.16. The van der Waals surface area contributed by atoms with Gasteiger partial charge in [0.15, 0.2) is 0 Å². The fraction of sp³-hybridized carbons (Fsp3) is 0.185. The standard InChI is InChI=1S/C27H24ClN7O/c1-3-23-20(13-29)27(19-11-22(30)25(36-4-2)12-24(19)33-23)32-18-9-16-14-35(34-26(16)21(28)10-18)15-17-7-5-6-8-31-17/h5-12,14H,3-4,15,30H2,1-2H3,(H,32,33). The van der Waals surface area contributed by atoms with E-state index >= 15 is 0 Å². The minimum absolute atomic E-state index is 0.468. The number of nitrogens with zero attached hydrogens (tertiary/aromatic N) is 5. The summed E-state index contributed by atoms with van der Waals surface area (Å²) < 4.78 is 7.48. The SMILES string of the molecule is CCOc1cc2nc(CC)c(C#N)c(Nc3cc(Cl)c4nn(Cc5ccccn5)cc4c3)c2cc1N. The molecule has 3 heterocycles. The molecule has 0 aliphatic carbocycles. The molecule has 9 heteroatoms. The van der Waals surface area contributed by atoms with Crippen molar-refractivity contribution in [3.8, 4) is 11.8 Å². The van der Waals surface area contributed by atoms with E-state index in [0.29, 0.717) is 64.0 Å². The molecule has 3 aromatic heterocycles. The number of hydrogen-bond donors (Lipinski definition) is 2. The van der Waals surface area contributed by atoms with Gasteiger partial charge in [0.25, 0.3) is 0 Å². The molecule has 5 rings (SSSR count). The van der Waals surface area contributed by atoms with Crippen molar-refractivity contribution in [1.29, 1.82) is 5.26 Å². The van der Waals surface area contributed by atoms with Crippen LogP contribution in [-0.2, 0) is 13.0 Å². The molecule has 8 nitrogen and oxygen atoms in total. The van der Waals surface area contributed by atoms with E-state index in [2.05, 4.69) is 21.5 Å². The van der Waals surface area contributed by atoms with Crippen LogP contribution >= 0.6 is 11.6 Å². The van der Waals surface area contributed by atoms with Crippen molar-refractivity contribution in [2.75, 3.05) is 17.7 Å². The number of nitrogens with one attached hydrogen (secondary N) is 1. The van der Waals surface area contributed by atoms with E-state index in [-0.39, 0.29) is 0 Å². The van der Waals surface area contributed by atoms with Crippen LogP contribution in [-0.4, -0.2) is 26.4 Å². The smallest absolute Gasteiger partial charge is 0.144 e. The van der Waals surface area contributed by atoms with Crippen LogP contribution in [0, 0.1) is 11.3 Å². The monoisotopic (exact) mass is 497 g/mol. The number of ether oxygens (including phenoxy) is 1. The van der Waals surface area contributed by atoms with Gasteiger partial charge in [-0.1, -0.05) is 24.6 Å². The highest BCUT2D eigenvalue weighted by atomic mass is 35.5. The number of benzene rings is 2. The first-order valence-corrected chi connectivity index (χ1v) is 12.0. The van der Waals surface area contributed by atoms with Crippen LogP contribution in [0.3, 0.4) is 0 Å². The molecule has 0 amide bonds. The van der Waals surface area contributed by atoms with Crippen molar-refractivity contribution in [3.05, 3.63) is 76.8 Å². The summed E-state index contributed by atoms with van der Waals surface area (Å²) in [4.78, 5) is 9.09. The molecule has 2 aromatic carbocycles. The molecule has 0 saturated heterocycles. The maximum atomic E-state index is 10.0. The maximum absolute atomic E-state index is 10.0. The molecular weight excluding hydrogens is 474 g/mol. The zero-order chi connectivity index (χ0) is 25.2. The lowest BCUT2D eigenvalue weighted by Crippen LogP contribution is -2.04. The predicted octanol–water partition coefficient (Wildman–Crippen LogP) is 5.84. The fourth-order valence-corrected chi connectivity index (χ4v) is 4.51. The van der Waals surface area contributed by atoms with Crippen molar-refractivity contribution >= 4 is 50.5 Å². The molecule has 5 aromatic rings. The molecule has 0 radical (unpaired) electrons. The zero-order valence-electron chi connectivity index (χ0n) is 19.9. The quantitative estimate of drug-likeness (QED) is 0.271. The van der Waals surface area contributed by atoms with Gasteiger partial charge in [0, 0.05) is 34.9 Å². The van der Waals surface area contributed by atoms with Crippen LogP contribution in [0.4, 0.5) is 17.1 Å². The van der Waals surface area contributed by atoms with Gasteiger partial charge in [-0.2, -0.15) is 10.4 Å². The Labute approximate surface area is 213 Å². The number of halogens is 1. The van der Waals surface area contributed by atoms with Gasteiger partial charge in [-0.3, -0.25) is 14.6 Å². The first-order chi connectivity index (χ1) is 17.5. The highest BCUT2D eigenvalue weighted by Gasteiger charge is 2.18. The summed E-state index contributed by atoms with van der Waals surface area (Å²) in [7, 11) is 0. The number of nitrogen functional groups attached to an aromatic ring is 1. The average molecular weight is 498 g/mol. The van der Waals surface area contributed by atoms with Crippen LogP contribution in [0.15, 0.2) is 54.9 Å². The number of aromatic nitrogens is 4. The molecule has 3 N–H and O–H groups in total. The highest BCUT2D eigenvalue weighted by molar-refractivity contribution is 6.35. The first kappa shape index (κ1) is 23.4. The van der Waals surface area contributed by atoms with Crippen LogP contribution in [0.2, 0.25) is 5.02 Å². The second-order valence-electron chi connectivity index (χ2n) is 8.28. The first-order valence-electron chi connectivity index (χ1n) is 11.6.